The van der Waals surface area contributed by atoms with Gasteiger partial charge in [0.05, 0.1) is 0 Å². The fraction of sp³-hybridized carbons (Fsp3) is 0.700. The number of benzene rings is 1. The van der Waals surface area contributed by atoms with Crippen LogP contribution in [0.3, 0.4) is 0 Å². The van der Waals surface area contributed by atoms with Crippen LogP contribution in [0, 0.1) is 13.8 Å². The van der Waals surface area contributed by atoms with Crippen LogP contribution in [0.25, 0.3) is 0 Å². The summed E-state index contributed by atoms with van der Waals surface area (Å²) in [5.74, 6) is 0.481. The molecule has 0 spiro atoms. The molecule has 1 nitrogen and oxygen atoms in total. The van der Waals surface area contributed by atoms with Crippen molar-refractivity contribution < 1.29 is 5.11 Å². The number of rotatable bonds is 11. The molecule has 120 valence electrons. The summed E-state index contributed by atoms with van der Waals surface area (Å²) in [6.45, 7) is 6.52. The van der Waals surface area contributed by atoms with Crippen molar-refractivity contribution in [3.8, 4) is 5.75 Å². The standard InChI is InChI=1S/C20H34O/c1-4-5-6-7-8-9-10-11-12-13-14-19-18(3)17(2)15-16-20(19)21/h15-16,21H,4-14H2,1-3H3. The van der Waals surface area contributed by atoms with Gasteiger partial charge in [-0.1, -0.05) is 70.8 Å². The zero-order valence-corrected chi connectivity index (χ0v) is 14.4. The van der Waals surface area contributed by atoms with Gasteiger partial charge in [-0.15, -0.1) is 0 Å². The monoisotopic (exact) mass is 290 g/mol. The third-order valence-electron chi connectivity index (χ3n) is 4.62. The average molecular weight is 290 g/mol. The Morgan fingerprint density at radius 2 is 1.29 bits per heavy atom. The first-order chi connectivity index (χ1) is 10.2. The quantitative estimate of drug-likeness (QED) is 0.463. The molecule has 0 heterocycles. The molecule has 0 aliphatic rings. The lowest BCUT2D eigenvalue weighted by atomic mass is 9.97. The zero-order chi connectivity index (χ0) is 15.5. The van der Waals surface area contributed by atoms with Gasteiger partial charge in [0.1, 0.15) is 5.75 Å². The normalized spacial score (nSPS) is 11.0. The van der Waals surface area contributed by atoms with E-state index in [1.54, 1.807) is 0 Å². The van der Waals surface area contributed by atoms with Crippen LogP contribution >= 0.6 is 0 Å². The Labute approximate surface area is 131 Å². The van der Waals surface area contributed by atoms with Gasteiger partial charge in [0, 0.05) is 0 Å². The van der Waals surface area contributed by atoms with Gasteiger partial charge in [-0.2, -0.15) is 0 Å². The van der Waals surface area contributed by atoms with Gasteiger partial charge >= 0.3 is 0 Å². The highest BCUT2D eigenvalue weighted by Crippen LogP contribution is 2.25. The molecule has 0 aliphatic heterocycles. The third kappa shape index (κ3) is 7.02. The summed E-state index contributed by atoms with van der Waals surface area (Å²) in [5.41, 5.74) is 3.72. The first-order valence-electron chi connectivity index (χ1n) is 8.94. The Morgan fingerprint density at radius 3 is 1.86 bits per heavy atom. The molecule has 1 rings (SSSR count). The molecule has 0 unspecified atom stereocenters. The summed E-state index contributed by atoms with van der Waals surface area (Å²) in [5, 5.41) is 9.96. The number of aryl methyl sites for hydroxylation is 1. The van der Waals surface area contributed by atoms with E-state index in [0.29, 0.717) is 5.75 Å². The Balaban J connectivity index is 2.08. The lowest BCUT2D eigenvalue weighted by Gasteiger charge is -2.11. The number of unbranched alkanes of at least 4 members (excludes halogenated alkanes) is 9. The van der Waals surface area contributed by atoms with Crippen LogP contribution in [-0.4, -0.2) is 5.11 Å². The molecule has 1 N–H and O–H groups in total. The van der Waals surface area contributed by atoms with Gasteiger partial charge in [0.15, 0.2) is 0 Å². The number of phenols is 1. The lowest BCUT2D eigenvalue weighted by Crippen LogP contribution is -1.94. The minimum absolute atomic E-state index is 0.481. The third-order valence-corrected chi connectivity index (χ3v) is 4.62. The van der Waals surface area contributed by atoms with Crippen molar-refractivity contribution in [3.63, 3.8) is 0 Å². The first-order valence-corrected chi connectivity index (χ1v) is 8.94. The van der Waals surface area contributed by atoms with Crippen molar-refractivity contribution in [3.05, 3.63) is 28.8 Å². The molecule has 0 atom stereocenters. The maximum atomic E-state index is 9.96. The van der Waals surface area contributed by atoms with Gasteiger partial charge in [-0.3, -0.25) is 0 Å². The largest absolute Gasteiger partial charge is 0.508 e. The molecule has 0 bridgehead atoms. The number of aromatic hydroxyl groups is 1. The maximum Gasteiger partial charge on any atom is 0.119 e. The van der Waals surface area contributed by atoms with Crippen molar-refractivity contribution >= 4 is 0 Å². The lowest BCUT2D eigenvalue weighted by molar-refractivity contribution is 0.464. The molecule has 0 radical (unpaired) electrons. The predicted octanol–water partition coefficient (Wildman–Crippen LogP) is 6.47. The van der Waals surface area contributed by atoms with Crippen LogP contribution in [-0.2, 0) is 6.42 Å². The average Bonchev–Trinajstić information content (AvgIpc) is 2.48. The van der Waals surface area contributed by atoms with Crippen molar-refractivity contribution in [2.24, 2.45) is 0 Å². The SMILES string of the molecule is CCCCCCCCCCCCc1c(O)ccc(C)c1C. The highest BCUT2D eigenvalue weighted by molar-refractivity contribution is 5.43. The van der Waals surface area contributed by atoms with Crippen LogP contribution in [0.5, 0.6) is 5.75 Å². The van der Waals surface area contributed by atoms with Gasteiger partial charge in [-0.05, 0) is 49.4 Å². The van der Waals surface area contributed by atoms with Crippen LogP contribution < -0.4 is 0 Å². The van der Waals surface area contributed by atoms with E-state index in [1.165, 1.54) is 75.3 Å². The smallest absolute Gasteiger partial charge is 0.119 e. The molecular weight excluding hydrogens is 256 g/mol. The Kier molecular flexibility index (Phi) is 9.21. The highest BCUT2D eigenvalue weighted by Gasteiger charge is 2.06. The molecule has 21 heavy (non-hydrogen) atoms. The minimum atomic E-state index is 0.481. The van der Waals surface area contributed by atoms with Gasteiger partial charge < -0.3 is 5.11 Å². The number of phenolic OH excluding ortho intramolecular Hbond substituents is 1. The van der Waals surface area contributed by atoms with Crippen LogP contribution in [0.1, 0.15) is 87.8 Å². The Hall–Kier alpha value is -0.980. The van der Waals surface area contributed by atoms with Crippen LogP contribution in [0.2, 0.25) is 0 Å². The minimum Gasteiger partial charge on any atom is -0.508 e. The second-order valence-corrected chi connectivity index (χ2v) is 6.44. The summed E-state index contributed by atoms with van der Waals surface area (Å²) < 4.78 is 0. The topological polar surface area (TPSA) is 20.2 Å². The predicted molar refractivity (Wildman–Crippen MR) is 93.1 cm³/mol. The van der Waals surface area contributed by atoms with E-state index >= 15 is 0 Å². The van der Waals surface area contributed by atoms with Crippen molar-refractivity contribution in [2.75, 3.05) is 0 Å². The van der Waals surface area contributed by atoms with Crippen molar-refractivity contribution in [1.82, 2.24) is 0 Å². The summed E-state index contributed by atoms with van der Waals surface area (Å²) in [6, 6.07) is 3.85. The molecule has 1 aromatic carbocycles. The van der Waals surface area contributed by atoms with E-state index in [9.17, 15) is 5.11 Å². The van der Waals surface area contributed by atoms with Gasteiger partial charge in [0.25, 0.3) is 0 Å². The fourth-order valence-electron chi connectivity index (χ4n) is 2.96. The Morgan fingerprint density at radius 1 is 0.762 bits per heavy atom. The molecular formula is C20H34O. The number of hydrogen-bond acceptors (Lipinski definition) is 1. The summed E-state index contributed by atoms with van der Waals surface area (Å²) in [4.78, 5) is 0. The molecule has 0 fully saturated rings. The molecule has 0 amide bonds. The van der Waals surface area contributed by atoms with Crippen LogP contribution in [0.15, 0.2) is 12.1 Å². The zero-order valence-electron chi connectivity index (χ0n) is 14.4. The molecule has 1 heteroatoms. The fourth-order valence-corrected chi connectivity index (χ4v) is 2.96. The summed E-state index contributed by atoms with van der Waals surface area (Å²) in [6.07, 6.45) is 14.6. The van der Waals surface area contributed by atoms with E-state index in [4.69, 9.17) is 0 Å². The van der Waals surface area contributed by atoms with E-state index in [0.717, 1.165) is 12.0 Å². The first kappa shape index (κ1) is 18.1. The van der Waals surface area contributed by atoms with E-state index in [1.807, 2.05) is 12.1 Å². The molecule has 1 aromatic rings. The van der Waals surface area contributed by atoms with Gasteiger partial charge in [0.2, 0.25) is 0 Å². The molecule has 0 aliphatic carbocycles. The van der Waals surface area contributed by atoms with Gasteiger partial charge in [-0.25, -0.2) is 0 Å². The van der Waals surface area contributed by atoms with E-state index in [2.05, 4.69) is 20.8 Å². The Bertz CT molecular complexity index is 395. The van der Waals surface area contributed by atoms with Crippen molar-refractivity contribution in [1.29, 1.82) is 0 Å². The second-order valence-electron chi connectivity index (χ2n) is 6.44. The maximum absolute atomic E-state index is 9.96. The number of hydrogen-bond donors (Lipinski definition) is 1. The van der Waals surface area contributed by atoms with Crippen molar-refractivity contribution in [2.45, 2.75) is 91.4 Å². The summed E-state index contributed by atoms with van der Waals surface area (Å²) >= 11 is 0. The molecule has 0 aromatic heterocycles. The van der Waals surface area contributed by atoms with E-state index in [-0.39, 0.29) is 0 Å². The summed E-state index contributed by atoms with van der Waals surface area (Å²) in [7, 11) is 0. The second kappa shape index (κ2) is 10.7. The van der Waals surface area contributed by atoms with Crippen LogP contribution in [0.4, 0.5) is 0 Å². The van der Waals surface area contributed by atoms with E-state index < -0.39 is 0 Å². The molecule has 0 saturated carbocycles. The highest BCUT2D eigenvalue weighted by atomic mass is 16.3. The molecule has 0 saturated heterocycles.